The van der Waals surface area contributed by atoms with Gasteiger partial charge in [-0.1, -0.05) is 0 Å². The largest absolute Gasteiger partial charge is 0.462 e. The van der Waals surface area contributed by atoms with Gasteiger partial charge < -0.3 is 15.8 Å². The molecule has 106 valence electrons. The molecule has 4 nitrogen and oxygen atoms in total. The average Bonchev–Trinajstić information content (AvgIpc) is 2.83. The number of halogens is 1. The van der Waals surface area contributed by atoms with Crippen LogP contribution in [0.4, 0.5) is 11.4 Å². The molecule has 20 heavy (non-hydrogen) atoms. The smallest absolute Gasteiger partial charge is 0.338 e. The topological polar surface area (TPSA) is 64.3 Å². The summed E-state index contributed by atoms with van der Waals surface area (Å²) in [5.74, 6) is -0.340. The van der Waals surface area contributed by atoms with Crippen molar-refractivity contribution in [2.75, 3.05) is 17.7 Å². The molecule has 0 atom stereocenters. The van der Waals surface area contributed by atoms with E-state index in [9.17, 15) is 4.79 Å². The third-order valence-electron chi connectivity index (χ3n) is 2.69. The molecule has 0 radical (unpaired) electrons. The van der Waals surface area contributed by atoms with Gasteiger partial charge in [-0.05, 0) is 52.5 Å². The third kappa shape index (κ3) is 3.52. The van der Waals surface area contributed by atoms with Gasteiger partial charge in [-0.2, -0.15) is 0 Å². The number of rotatable bonds is 5. The van der Waals surface area contributed by atoms with E-state index in [4.69, 9.17) is 10.5 Å². The van der Waals surface area contributed by atoms with Crippen LogP contribution in [-0.2, 0) is 11.3 Å². The van der Waals surface area contributed by atoms with Gasteiger partial charge in [-0.25, -0.2) is 4.79 Å². The van der Waals surface area contributed by atoms with Crippen molar-refractivity contribution in [2.24, 2.45) is 0 Å². The summed E-state index contributed by atoms with van der Waals surface area (Å²) in [4.78, 5) is 12.9. The first-order valence-corrected chi connectivity index (χ1v) is 7.81. The summed E-state index contributed by atoms with van der Waals surface area (Å²) in [6.45, 7) is 2.78. The lowest BCUT2D eigenvalue weighted by Crippen LogP contribution is -2.07. The number of carbonyl (C=O) groups is 1. The SMILES string of the molecule is CCOC(=O)c1ccc(N)c(NCc2sccc2Br)c1. The lowest BCUT2D eigenvalue weighted by molar-refractivity contribution is 0.0526. The first-order chi connectivity index (χ1) is 9.61. The maximum atomic E-state index is 11.7. The first-order valence-electron chi connectivity index (χ1n) is 6.14. The molecule has 1 aromatic heterocycles. The summed E-state index contributed by atoms with van der Waals surface area (Å²) in [6.07, 6.45) is 0. The van der Waals surface area contributed by atoms with Crippen LogP contribution in [0.15, 0.2) is 34.1 Å². The highest BCUT2D eigenvalue weighted by Gasteiger charge is 2.09. The Hall–Kier alpha value is -1.53. The summed E-state index contributed by atoms with van der Waals surface area (Å²) in [5, 5.41) is 5.25. The number of nitrogens with one attached hydrogen (secondary N) is 1. The molecule has 0 aliphatic heterocycles. The van der Waals surface area contributed by atoms with E-state index in [0.717, 1.165) is 10.2 Å². The number of ether oxygens (including phenoxy) is 1. The number of benzene rings is 1. The fraction of sp³-hybridized carbons (Fsp3) is 0.214. The minimum Gasteiger partial charge on any atom is -0.462 e. The monoisotopic (exact) mass is 354 g/mol. The summed E-state index contributed by atoms with van der Waals surface area (Å²) < 4.78 is 6.04. The van der Waals surface area contributed by atoms with Crippen LogP contribution in [0.3, 0.4) is 0 Å². The zero-order chi connectivity index (χ0) is 14.5. The van der Waals surface area contributed by atoms with Crippen LogP contribution in [0.1, 0.15) is 22.2 Å². The second-order valence-corrected chi connectivity index (χ2v) is 5.92. The van der Waals surface area contributed by atoms with Gasteiger partial charge >= 0.3 is 5.97 Å². The molecule has 0 spiro atoms. The Bertz CT molecular complexity index is 613. The van der Waals surface area contributed by atoms with Crippen LogP contribution in [0, 0.1) is 0 Å². The summed E-state index contributed by atoms with van der Waals surface area (Å²) in [5.41, 5.74) is 7.75. The van der Waals surface area contributed by atoms with Crippen LogP contribution >= 0.6 is 27.3 Å². The third-order valence-corrected chi connectivity index (χ3v) is 4.62. The zero-order valence-corrected chi connectivity index (χ0v) is 13.4. The van der Waals surface area contributed by atoms with E-state index in [-0.39, 0.29) is 5.97 Å². The van der Waals surface area contributed by atoms with E-state index in [1.165, 1.54) is 4.88 Å². The normalized spacial score (nSPS) is 10.3. The Morgan fingerprint density at radius 3 is 2.90 bits per heavy atom. The molecular weight excluding hydrogens is 340 g/mol. The Morgan fingerprint density at radius 1 is 1.45 bits per heavy atom. The van der Waals surface area contributed by atoms with Gasteiger partial charge in [0.15, 0.2) is 0 Å². The molecule has 0 saturated heterocycles. The van der Waals surface area contributed by atoms with E-state index in [0.29, 0.717) is 24.4 Å². The van der Waals surface area contributed by atoms with Gasteiger partial charge in [0.05, 0.1) is 30.1 Å². The van der Waals surface area contributed by atoms with E-state index < -0.39 is 0 Å². The van der Waals surface area contributed by atoms with Crippen molar-refractivity contribution < 1.29 is 9.53 Å². The number of nitrogens with two attached hydrogens (primary N) is 1. The summed E-state index contributed by atoms with van der Waals surface area (Å²) in [7, 11) is 0. The van der Waals surface area contributed by atoms with Crippen molar-refractivity contribution >= 4 is 44.6 Å². The number of esters is 1. The standard InChI is InChI=1S/C14H15BrN2O2S/c1-2-19-14(18)9-3-4-11(16)12(7-9)17-8-13-10(15)5-6-20-13/h3-7,17H,2,8,16H2,1H3. The molecule has 0 bridgehead atoms. The highest BCUT2D eigenvalue weighted by molar-refractivity contribution is 9.10. The zero-order valence-electron chi connectivity index (χ0n) is 11.0. The molecule has 3 N–H and O–H groups in total. The number of nitrogen functional groups attached to an aromatic ring is 1. The lowest BCUT2D eigenvalue weighted by Gasteiger charge is -2.10. The van der Waals surface area contributed by atoms with Crippen molar-refractivity contribution in [3.63, 3.8) is 0 Å². The Kier molecular flexibility index (Phi) is 5.03. The van der Waals surface area contributed by atoms with Gasteiger partial charge in [-0.3, -0.25) is 0 Å². The maximum Gasteiger partial charge on any atom is 0.338 e. The van der Waals surface area contributed by atoms with Gasteiger partial charge in [0.2, 0.25) is 0 Å². The van der Waals surface area contributed by atoms with Crippen molar-refractivity contribution in [3.8, 4) is 0 Å². The van der Waals surface area contributed by atoms with Gasteiger partial charge in [0, 0.05) is 9.35 Å². The predicted octanol–water partition coefficient (Wildman–Crippen LogP) is 3.88. The van der Waals surface area contributed by atoms with E-state index in [2.05, 4.69) is 21.2 Å². The predicted molar refractivity (Wildman–Crippen MR) is 86.2 cm³/mol. The molecule has 1 aromatic carbocycles. The molecule has 2 aromatic rings. The second kappa shape index (κ2) is 6.76. The number of anilines is 2. The van der Waals surface area contributed by atoms with Crippen molar-refractivity contribution in [1.29, 1.82) is 0 Å². The molecular formula is C14H15BrN2O2S. The lowest BCUT2D eigenvalue weighted by atomic mass is 10.1. The van der Waals surface area contributed by atoms with Crippen LogP contribution in [-0.4, -0.2) is 12.6 Å². The Labute approximate surface area is 130 Å². The fourth-order valence-electron chi connectivity index (χ4n) is 1.68. The maximum absolute atomic E-state index is 11.7. The van der Waals surface area contributed by atoms with Gasteiger partial charge in [0.25, 0.3) is 0 Å². The summed E-state index contributed by atoms with van der Waals surface area (Å²) in [6, 6.07) is 7.09. The van der Waals surface area contributed by atoms with Crippen LogP contribution in [0.25, 0.3) is 0 Å². The molecule has 1 heterocycles. The minimum absolute atomic E-state index is 0.340. The molecule has 2 rings (SSSR count). The average molecular weight is 355 g/mol. The number of hydrogen-bond donors (Lipinski definition) is 2. The van der Waals surface area contributed by atoms with E-state index >= 15 is 0 Å². The molecule has 0 saturated carbocycles. The quantitative estimate of drug-likeness (QED) is 0.631. The molecule has 0 aliphatic carbocycles. The molecule has 0 amide bonds. The highest BCUT2D eigenvalue weighted by Crippen LogP contribution is 2.26. The number of hydrogen-bond acceptors (Lipinski definition) is 5. The molecule has 0 aliphatic rings. The Balaban J connectivity index is 2.12. The molecule has 6 heteroatoms. The van der Waals surface area contributed by atoms with Crippen molar-refractivity contribution in [1.82, 2.24) is 0 Å². The van der Waals surface area contributed by atoms with Crippen LogP contribution < -0.4 is 11.1 Å². The van der Waals surface area contributed by atoms with Gasteiger partial charge in [-0.15, -0.1) is 11.3 Å². The molecule has 0 unspecified atom stereocenters. The number of thiophene rings is 1. The highest BCUT2D eigenvalue weighted by atomic mass is 79.9. The van der Waals surface area contributed by atoms with Crippen LogP contribution in [0.2, 0.25) is 0 Å². The first kappa shape index (κ1) is 14.9. The number of carbonyl (C=O) groups excluding carboxylic acids is 1. The summed E-state index contributed by atoms with van der Waals surface area (Å²) >= 11 is 5.13. The van der Waals surface area contributed by atoms with E-state index in [1.54, 1.807) is 36.5 Å². The second-order valence-electron chi connectivity index (χ2n) is 4.07. The Morgan fingerprint density at radius 2 is 2.25 bits per heavy atom. The fourth-order valence-corrected chi connectivity index (χ4v) is 3.11. The molecule has 0 fully saturated rings. The minimum atomic E-state index is -0.340. The van der Waals surface area contributed by atoms with Crippen LogP contribution in [0.5, 0.6) is 0 Å². The van der Waals surface area contributed by atoms with E-state index in [1.807, 2.05) is 11.4 Å². The van der Waals surface area contributed by atoms with Crippen molar-refractivity contribution in [3.05, 3.63) is 44.6 Å². The van der Waals surface area contributed by atoms with Gasteiger partial charge in [0.1, 0.15) is 0 Å². The van der Waals surface area contributed by atoms with Crippen molar-refractivity contribution in [2.45, 2.75) is 13.5 Å².